The van der Waals surface area contributed by atoms with Gasteiger partial charge in [-0.3, -0.25) is 0 Å². The summed E-state index contributed by atoms with van der Waals surface area (Å²) >= 11 is 3.64. The third-order valence-corrected chi connectivity index (χ3v) is 22.0. The van der Waals surface area contributed by atoms with Crippen LogP contribution in [0.2, 0.25) is 0 Å². The average Bonchev–Trinajstić information content (AvgIpc) is 1.62. The van der Waals surface area contributed by atoms with Crippen LogP contribution in [-0.4, -0.2) is 29.1 Å². The Hall–Kier alpha value is -12.7. The van der Waals surface area contributed by atoms with Gasteiger partial charge in [0.25, 0.3) is 0 Å². The second kappa shape index (κ2) is 25.0. The maximum absolute atomic E-state index is 5.39. The molecule has 6 nitrogen and oxygen atoms in total. The maximum atomic E-state index is 5.39. The standard InChI is InChI=1S/C47H31N3S.C46H29N3S/c1-30-24-26-34(27-25-30)50-42-21-7-5-17-39(42)45-37(19-11-22-43(45)50)40-29-41(38-20-10-18-36-35-16-6-8-23-44(35)51-46(36)38)49-47(48-40)33-15-9-14-32(28-33)31-12-3-2-4-13-31;1-3-13-30(14-4-1)31-15-11-16-32(27-31)40-29-41(48-46(47-40)39-22-12-21-38-37-20-8-10-24-44(37)50-45(38)39)33-25-26-36-35-19-7-9-23-42(35)49(43(36)28-33)34-17-5-2-6-18-34/h2-29H,1H3;1-29H. The van der Waals surface area contributed by atoms with E-state index >= 15 is 0 Å². The summed E-state index contributed by atoms with van der Waals surface area (Å²) in [6, 6.07) is 123. The highest BCUT2D eigenvalue weighted by atomic mass is 32.1. The number of aromatic nitrogens is 6. The van der Waals surface area contributed by atoms with Crippen LogP contribution in [-0.2, 0) is 0 Å². The van der Waals surface area contributed by atoms with E-state index in [1.54, 1.807) is 11.3 Å². The van der Waals surface area contributed by atoms with Crippen molar-refractivity contribution in [2.24, 2.45) is 0 Å². The minimum absolute atomic E-state index is 0.706. The van der Waals surface area contributed by atoms with Crippen LogP contribution in [0.1, 0.15) is 5.56 Å². The van der Waals surface area contributed by atoms with Gasteiger partial charge in [-0.25, -0.2) is 19.9 Å². The highest BCUT2D eigenvalue weighted by Gasteiger charge is 2.23. The minimum atomic E-state index is 0.706. The largest absolute Gasteiger partial charge is 0.309 e. The Morgan fingerprint density at radius 1 is 0.238 bits per heavy atom. The Balaban J connectivity index is 0.000000140. The summed E-state index contributed by atoms with van der Waals surface area (Å²) in [5, 5.41) is 9.86. The number of fused-ring (bicyclic) bond motifs is 12. The number of thiophene rings is 2. The number of nitrogens with zero attached hydrogens (tertiary/aromatic N) is 6. The molecule has 0 unspecified atom stereocenters. The molecule has 0 spiro atoms. The molecular weight excluding hydrogens is 1270 g/mol. The molecule has 0 saturated heterocycles. The van der Waals surface area contributed by atoms with Gasteiger partial charge in [0.05, 0.1) is 44.8 Å². The second-order valence-electron chi connectivity index (χ2n) is 25.7. The minimum Gasteiger partial charge on any atom is -0.309 e. The zero-order chi connectivity index (χ0) is 66.9. The smallest absolute Gasteiger partial charge is 0.161 e. The molecule has 101 heavy (non-hydrogen) atoms. The molecule has 8 heteroatoms. The van der Waals surface area contributed by atoms with Crippen LogP contribution in [0.15, 0.2) is 346 Å². The van der Waals surface area contributed by atoms with Crippen molar-refractivity contribution in [2.75, 3.05) is 0 Å². The van der Waals surface area contributed by atoms with E-state index in [2.05, 4.69) is 362 Å². The van der Waals surface area contributed by atoms with E-state index in [4.69, 9.17) is 19.9 Å². The van der Waals surface area contributed by atoms with E-state index in [0.717, 1.165) is 95.5 Å². The summed E-state index contributed by atoms with van der Waals surface area (Å²) in [5.74, 6) is 1.43. The molecule has 0 atom stereocenters. The molecular formula is C93H60N6S2. The van der Waals surface area contributed by atoms with Gasteiger partial charge < -0.3 is 9.13 Å². The van der Waals surface area contributed by atoms with Crippen molar-refractivity contribution in [3.8, 4) is 101 Å². The molecule has 0 amide bonds. The van der Waals surface area contributed by atoms with Crippen LogP contribution in [0.25, 0.3) is 185 Å². The highest BCUT2D eigenvalue weighted by Crippen LogP contribution is 2.45. The molecule has 14 aromatic carbocycles. The SMILES string of the molecule is Cc1ccc(-n2c3ccccc3c3c(-c4cc(-c5cccc6c5sc5ccccc56)nc(-c5cccc(-c6ccccc6)c5)n4)cccc32)cc1.c1ccc(-c2cccc(-c3cc(-c4ccc5c6ccccc6n(-c6ccccc6)c5c4)nc(-c4cccc5c4sc4ccccc45)n3)c2)cc1. The lowest BCUT2D eigenvalue weighted by Crippen LogP contribution is -1.97. The van der Waals surface area contributed by atoms with Gasteiger partial charge in [0.1, 0.15) is 0 Å². The molecule has 474 valence electrons. The van der Waals surface area contributed by atoms with E-state index in [-0.39, 0.29) is 0 Å². The summed E-state index contributed by atoms with van der Waals surface area (Å²) < 4.78 is 9.71. The fourth-order valence-corrected chi connectivity index (χ4v) is 17.2. The third-order valence-electron chi connectivity index (χ3n) is 19.5. The van der Waals surface area contributed by atoms with Crippen molar-refractivity contribution in [3.05, 3.63) is 351 Å². The molecule has 0 saturated carbocycles. The molecule has 0 aliphatic rings. The fourth-order valence-electron chi connectivity index (χ4n) is 14.7. The van der Waals surface area contributed by atoms with E-state index in [1.165, 1.54) is 89.6 Å². The molecule has 20 rings (SSSR count). The number of benzene rings is 14. The van der Waals surface area contributed by atoms with Crippen LogP contribution in [0.5, 0.6) is 0 Å². The first kappa shape index (κ1) is 59.5. The van der Waals surface area contributed by atoms with E-state index in [0.29, 0.717) is 5.82 Å². The van der Waals surface area contributed by atoms with Gasteiger partial charge in [0, 0.05) is 107 Å². The average molecular weight is 1330 g/mol. The molecule has 0 aliphatic heterocycles. The number of rotatable bonds is 10. The van der Waals surface area contributed by atoms with Gasteiger partial charge in [-0.1, -0.05) is 260 Å². The van der Waals surface area contributed by atoms with Crippen molar-refractivity contribution in [2.45, 2.75) is 6.92 Å². The topological polar surface area (TPSA) is 61.4 Å². The van der Waals surface area contributed by atoms with E-state index in [1.807, 2.05) is 11.3 Å². The number of hydrogen-bond donors (Lipinski definition) is 0. The van der Waals surface area contributed by atoms with E-state index in [9.17, 15) is 0 Å². The third kappa shape index (κ3) is 10.6. The summed E-state index contributed by atoms with van der Waals surface area (Å²) in [4.78, 5) is 21.4. The molecule has 0 aliphatic carbocycles. The van der Waals surface area contributed by atoms with Gasteiger partial charge in [-0.05, 0) is 120 Å². The van der Waals surface area contributed by atoms with Crippen molar-refractivity contribution < 1.29 is 0 Å². The molecule has 6 aromatic heterocycles. The van der Waals surface area contributed by atoms with Gasteiger partial charge in [0.2, 0.25) is 0 Å². The number of hydrogen-bond acceptors (Lipinski definition) is 6. The molecule has 0 N–H and O–H groups in total. The Labute approximate surface area is 591 Å². The van der Waals surface area contributed by atoms with Crippen molar-refractivity contribution in [3.63, 3.8) is 0 Å². The zero-order valence-electron chi connectivity index (χ0n) is 54.9. The molecule has 0 bridgehead atoms. The fraction of sp³-hybridized carbons (Fsp3) is 0.0108. The van der Waals surface area contributed by atoms with Gasteiger partial charge in [0.15, 0.2) is 11.6 Å². The second-order valence-corrected chi connectivity index (χ2v) is 27.8. The highest BCUT2D eigenvalue weighted by molar-refractivity contribution is 7.26. The van der Waals surface area contributed by atoms with Gasteiger partial charge >= 0.3 is 0 Å². The Morgan fingerprint density at radius 2 is 0.653 bits per heavy atom. The van der Waals surface area contributed by atoms with Gasteiger partial charge in [-0.15, -0.1) is 22.7 Å². The molecule has 6 heterocycles. The predicted molar refractivity (Wildman–Crippen MR) is 427 cm³/mol. The number of para-hydroxylation sites is 3. The zero-order valence-corrected chi connectivity index (χ0v) is 56.5. The van der Waals surface area contributed by atoms with Crippen LogP contribution in [0.3, 0.4) is 0 Å². The normalized spacial score (nSPS) is 11.6. The van der Waals surface area contributed by atoms with Crippen LogP contribution in [0, 0.1) is 6.92 Å². The molecule has 0 radical (unpaired) electrons. The first-order valence-electron chi connectivity index (χ1n) is 34.1. The summed E-state index contributed by atoms with van der Waals surface area (Å²) in [7, 11) is 0. The summed E-state index contributed by atoms with van der Waals surface area (Å²) in [5.41, 5.74) is 22.7. The predicted octanol–water partition coefficient (Wildman–Crippen LogP) is 25.5. The maximum Gasteiger partial charge on any atom is 0.161 e. The summed E-state index contributed by atoms with van der Waals surface area (Å²) in [6.45, 7) is 2.13. The Morgan fingerprint density at radius 3 is 1.32 bits per heavy atom. The summed E-state index contributed by atoms with van der Waals surface area (Å²) in [6.07, 6.45) is 0. The first-order chi connectivity index (χ1) is 50.0. The van der Waals surface area contributed by atoms with E-state index < -0.39 is 0 Å². The van der Waals surface area contributed by atoms with Crippen LogP contribution in [0.4, 0.5) is 0 Å². The lowest BCUT2D eigenvalue weighted by atomic mass is 10.00. The monoisotopic (exact) mass is 1320 g/mol. The Kier molecular flexibility index (Phi) is 14.7. The molecule has 20 aromatic rings. The quantitative estimate of drug-likeness (QED) is 0.137. The van der Waals surface area contributed by atoms with Gasteiger partial charge in [-0.2, -0.15) is 0 Å². The van der Waals surface area contributed by atoms with Crippen molar-refractivity contribution in [1.29, 1.82) is 0 Å². The number of aryl methyl sites for hydroxylation is 1. The lowest BCUT2D eigenvalue weighted by Gasteiger charge is -2.12. The molecule has 0 fully saturated rings. The lowest BCUT2D eigenvalue weighted by molar-refractivity contribution is 1.17. The van der Waals surface area contributed by atoms with Crippen molar-refractivity contribution in [1.82, 2.24) is 29.1 Å². The van der Waals surface area contributed by atoms with Crippen LogP contribution >= 0.6 is 22.7 Å². The first-order valence-corrected chi connectivity index (χ1v) is 35.7. The Bertz CT molecular complexity index is 6580. The van der Waals surface area contributed by atoms with Crippen molar-refractivity contribution >= 4 is 107 Å². The van der Waals surface area contributed by atoms with Crippen LogP contribution < -0.4 is 0 Å².